The Hall–Kier alpha value is -2.94. The van der Waals surface area contributed by atoms with Crippen molar-refractivity contribution >= 4 is 42.6 Å². The number of hydrogen-bond acceptors (Lipinski definition) is 7. The van der Waals surface area contributed by atoms with Crippen LogP contribution in [0.2, 0.25) is 0 Å². The second-order valence-electron chi connectivity index (χ2n) is 10.2. The summed E-state index contributed by atoms with van der Waals surface area (Å²) in [5, 5.41) is 7.29. The summed E-state index contributed by atoms with van der Waals surface area (Å²) in [4.78, 5) is 2.90. The first-order chi connectivity index (χ1) is 18.4. The second kappa shape index (κ2) is 10.6. The zero-order valence-electron chi connectivity index (χ0n) is 21.9. The fourth-order valence-corrected chi connectivity index (χ4v) is 7.43. The fraction of sp³-hybridized carbons (Fsp3) is 0.429. The van der Waals surface area contributed by atoms with Gasteiger partial charge >= 0.3 is 6.18 Å². The predicted molar refractivity (Wildman–Crippen MR) is 150 cm³/mol. The van der Waals surface area contributed by atoms with Crippen LogP contribution in [0.15, 0.2) is 41.3 Å². The number of benzene rings is 2. The smallest absolute Gasteiger partial charge is 0.393 e. The number of alkyl halides is 3. The number of anilines is 2. The minimum absolute atomic E-state index is 0.125. The molecule has 1 aromatic heterocycles. The van der Waals surface area contributed by atoms with Crippen LogP contribution in [0.4, 0.5) is 24.5 Å². The van der Waals surface area contributed by atoms with Crippen molar-refractivity contribution in [1.29, 1.82) is 0 Å². The first-order valence-corrected chi connectivity index (χ1v) is 15.3. The van der Waals surface area contributed by atoms with Crippen molar-refractivity contribution in [1.82, 2.24) is 4.90 Å². The molecule has 3 atom stereocenters. The molecular formula is C28H30F3N3O3S2. The summed E-state index contributed by atoms with van der Waals surface area (Å²) in [5.41, 5.74) is 1.60. The van der Waals surface area contributed by atoms with Crippen LogP contribution in [-0.2, 0) is 16.3 Å². The molecule has 11 heteroatoms. The van der Waals surface area contributed by atoms with Gasteiger partial charge in [0.05, 0.1) is 45.9 Å². The average Bonchev–Trinajstić information content (AvgIpc) is 3.53. The summed E-state index contributed by atoms with van der Waals surface area (Å²) in [6.07, 6.45) is -2.12. The molecule has 2 N–H and O–H groups in total. The highest BCUT2D eigenvalue weighted by Gasteiger charge is 2.43. The molecule has 6 nitrogen and oxygen atoms in total. The maximum absolute atomic E-state index is 13.6. The Bertz CT molecular complexity index is 1550. The van der Waals surface area contributed by atoms with Gasteiger partial charge in [0.1, 0.15) is 5.75 Å². The molecule has 2 heterocycles. The van der Waals surface area contributed by atoms with Crippen LogP contribution in [0, 0.1) is 17.8 Å². The number of ether oxygens (including phenoxy) is 1. The summed E-state index contributed by atoms with van der Waals surface area (Å²) >= 11 is 1.29. The second-order valence-corrected chi connectivity index (χ2v) is 13.3. The number of nitrogens with one attached hydrogen (secondary N) is 2. The lowest BCUT2D eigenvalue weighted by molar-refractivity contribution is -0.126. The molecule has 0 radical (unpaired) electrons. The van der Waals surface area contributed by atoms with Crippen molar-refractivity contribution < 1.29 is 26.3 Å². The first kappa shape index (κ1) is 27.6. The van der Waals surface area contributed by atoms with E-state index < -0.39 is 22.4 Å². The van der Waals surface area contributed by atoms with Crippen LogP contribution in [-0.4, -0.2) is 65.1 Å². The number of piperidine rings is 1. The maximum Gasteiger partial charge on any atom is 0.393 e. The number of thiophene rings is 1. The van der Waals surface area contributed by atoms with Crippen molar-refractivity contribution in [2.75, 3.05) is 44.1 Å². The summed E-state index contributed by atoms with van der Waals surface area (Å²) in [7, 11) is 0.178. The van der Waals surface area contributed by atoms with Gasteiger partial charge in [-0.2, -0.15) is 13.2 Å². The third-order valence-corrected chi connectivity index (χ3v) is 9.83. The van der Waals surface area contributed by atoms with Gasteiger partial charge in [-0.25, -0.2) is 8.42 Å². The monoisotopic (exact) mass is 577 g/mol. The number of fused-ring (bicyclic) bond motifs is 3. The molecule has 39 heavy (non-hydrogen) atoms. The van der Waals surface area contributed by atoms with E-state index in [1.54, 1.807) is 12.1 Å². The van der Waals surface area contributed by atoms with Gasteiger partial charge < -0.3 is 20.3 Å². The lowest BCUT2D eigenvalue weighted by atomic mass is 10.0. The molecule has 1 saturated heterocycles. The van der Waals surface area contributed by atoms with Gasteiger partial charge in [0.15, 0.2) is 9.84 Å². The van der Waals surface area contributed by atoms with Gasteiger partial charge in [0.25, 0.3) is 0 Å². The van der Waals surface area contributed by atoms with E-state index in [2.05, 4.69) is 34.4 Å². The third-order valence-electron chi connectivity index (χ3n) is 7.52. The number of rotatable bonds is 7. The van der Waals surface area contributed by atoms with E-state index in [4.69, 9.17) is 4.74 Å². The van der Waals surface area contributed by atoms with Crippen molar-refractivity contribution in [3.05, 3.63) is 46.8 Å². The van der Waals surface area contributed by atoms with Gasteiger partial charge in [0.2, 0.25) is 0 Å². The number of nitrogens with zero attached hydrogens (tertiary/aromatic N) is 1. The number of sulfone groups is 1. The highest BCUT2D eigenvalue weighted by Crippen LogP contribution is 2.42. The Morgan fingerprint density at radius 3 is 2.62 bits per heavy atom. The molecule has 0 amide bonds. The molecule has 208 valence electrons. The zero-order chi connectivity index (χ0) is 27.9. The molecule has 1 saturated carbocycles. The molecule has 1 aliphatic carbocycles. The number of likely N-dealkylation sites (tertiary alicyclic amines) is 1. The van der Waals surface area contributed by atoms with Crippen LogP contribution in [0.3, 0.4) is 0 Å². The Morgan fingerprint density at radius 2 is 1.97 bits per heavy atom. The molecule has 2 bridgehead atoms. The molecule has 0 spiro atoms. The lowest BCUT2D eigenvalue weighted by Gasteiger charge is -2.29. The first-order valence-electron chi connectivity index (χ1n) is 12.6. The summed E-state index contributed by atoms with van der Waals surface area (Å²) in [6.45, 7) is 1.17. The molecule has 2 fully saturated rings. The van der Waals surface area contributed by atoms with Gasteiger partial charge in [-0.3, -0.25) is 0 Å². The third kappa shape index (κ3) is 5.98. The number of halogens is 3. The summed E-state index contributed by atoms with van der Waals surface area (Å²) < 4.78 is 70.4. The fourth-order valence-electron chi connectivity index (χ4n) is 5.63. The van der Waals surface area contributed by atoms with Crippen molar-refractivity contribution in [2.24, 2.45) is 5.92 Å². The Labute approximate surface area is 230 Å². The highest BCUT2D eigenvalue weighted by molar-refractivity contribution is 7.90. The van der Waals surface area contributed by atoms with E-state index in [-0.39, 0.29) is 17.0 Å². The molecule has 2 aliphatic rings. The summed E-state index contributed by atoms with van der Waals surface area (Å²) in [6, 6.07) is 10.8. The van der Waals surface area contributed by atoms with Gasteiger partial charge in [0, 0.05) is 31.0 Å². The van der Waals surface area contributed by atoms with E-state index in [1.165, 1.54) is 30.6 Å². The average molecular weight is 578 g/mol. The molecule has 3 unspecified atom stereocenters. The van der Waals surface area contributed by atoms with Crippen LogP contribution in [0.1, 0.15) is 23.3 Å². The van der Waals surface area contributed by atoms with E-state index in [0.717, 1.165) is 36.0 Å². The Morgan fingerprint density at radius 1 is 1.18 bits per heavy atom. The van der Waals surface area contributed by atoms with Crippen molar-refractivity contribution in [3.63, 3.8) is 0 Å². The quantitative estimate of drug-likeness (QED) is 0.367. The lowest BCUT2D eigenvalue weighted by Crippen LogP contribution is -2.38. The molecular weight excluding hydrogens is 547 g/mol. The molecule has 2 aromatic carbocycles. The van der Waals surface area contributed by atoms with Crippen LogP contribution >= 0.6 is 11.3 Å². The van der Waals surface area contributed by atoms with Gasteiger partial charge in [-0.1, -0.05) is 24.0 Å². The molecule has 1 aliphatic heterocycles. The maximum atomic E-state index is 13.6. The minimum Gasteiger partial charge on any atom is -0.495 e. The standard InChI is InChI=1S/C28H30F3N3O3S2/c1-34-16-17-12-18(34)13-24(17)33-23-7-4-6-20-21(15-28(29,30)31)26(38-27(20)23)8-5-11-32-22-10-9-19(39(3,35)36)14-25(22)37-2/h4,6-7,9-10,14,17-18,24,32-33H,11-13,15-16H2,1-3H3. The predicted octanol–water partition coefficient (Wildman–Crippen LogP) is 5.39. The Kier molecular flexibility index (Phi) is 7.48. The van der Waals surface area contributed by atoms with Crippen LogP contribution in [0.25, 0.3) is 10.1 Å². The largest absolute Gasteiger partial charge is 0.495 e. The van der Waals surface area contributed by atoms with E-state index in [1.807, 2.05) is 12.1 Å². The SMILES string of the molecule is COc1cc(S(C)(=O)=O)ccc1NCC#Cc1sc2c(NC3CC4CC3CN4C)cccc2c1CC(F)(F)F. The van der Waals surface area contributed by atoms with Gasteiger partial charge in [-0.15, -0.1) is 11.3 Å². The Balaban J connectivity index is 1.40. The van der Waals surface area contributed by atoms with E-state index >= 15 is 0 Å². The topological polar surface area (TPSA) is 70.7 Å². The molecule has 5 rings (SSSR count). The minimum atomic E-state index is -4.37. The van der Waals surface area contributed by atoms with Crippen molar-refractivity contribution in [3.8, 4) is 17.6 Å². The highest BCUT2D eigenvalue weighted by atomic mass is 32.2. The van der Waals surface area contributed by atoms with Crippen LogP contribution < -0.4 is 15.4 Å². The number of hydrogen-bond donors (Lipinski definition) is 2. The normalized spacial score (nSPS) is 21.1. The van der Waals surface area contributed by atoms with E-state index in [0.29, 0.717) is 39.7 Å². The summed E-state index contributed by atoms with van der Waals surface area (Å²) in [5.74, 6) is 6.77. The molecule has 3 aromatic rings. The number of methoxy groups -OCH3 is 1. The van der Waals surface area contributed by atoms with Crippen molar-refractivity contribution in [2.45, 2.75) is 42.4 Å². The van der Waals surface area contributed by atoms with Crippen LogP contribution in [0.5, 0.6) is 5.75 Å². The zero-order valence-corrected chi connectivity index (χ0v) is 23.5. The van der Waals surface area contributed by atoms with E-state index in [9.17, 15) is 21.6 Å². The van der Waals surface area contributed by atoms with Gasteiger partial charge in [-0.05, 0) is 55.0 Å².